The average Bonchev–Trinajstić information content (AvgIpc) is 3.85. The minimum absolute atomic E-state index is 0.0189. The number of benzene rings is 1. The first-order valence-corrected chi connectivity index (χ1v) is 15.1. The van der Waals surface area contributed by atoms with Crippen LogP contribution in [0.3, 0.4) is 0 Å². The van der Waals surface area contributed by atoms with Crippen molar-refractivity contribution in [2.45, 2.75) is 101 Å². The van der Waals surface area contributed by atoms with Crippen molar-refractivity contribution in [3.05, 3.63) is 41.0 Å². The van der Waals surface area contributed by atoms with Crippen molar-refractivity contribution < 1.29 is 36.5 Å². The van der Waals surface area contributed by atoms with E-state index in [1.807, 2.05) is 12.1 Å². The first kappa shape index (κ1) is 29.2. The molecule has 10 nitrogen and oxygen atoms in total. The third-order valence-corrected chi connectivity index (χ3v) is 9.53. The van der Waals surface area contributed by atoms with Gasteiger partial charge in [-0.15, -0.1) is 0 Å². The molecule has 14 heteroatoms. The van der Waals surface area contributed by atoms with Crippen LogP contribution in [-0.2, 0) is 9.53 Å². The molecule has 0 aliphatic heterocycles. The van der Waals surface area contributed by atoms with Crippen molar-refractivity contribution in [1.82, 2.24) is 30.9 Å². The van der Waals surface area contributed by atoms with E-state index in [0.29, 0.717) is 42.4 Å². The highest BCUT2D eigenvalue weighted by Gasteiger charge is 2.69. The standard InChI is InChI=1S/C30H34F4N6O4/c1-27(2,30(32,33)34)43-11-20(37-26(42)24-23(16-5-6-16)39-44-40-24)25-35-18-8-7-17(9-19(18)36-25)22(15-3-4-15)38-21(41)10-28-12-29(31,13-28)14-28/h7-9,15-16,20,22H,3-6,10-14H2,1-2H3,(H,35,36)(H,37,42)(H,38,41)/t20-,22+,28?,29?/m0/s1. The molecule has 5 aliphatic carbocycles. The van der Waals surface area contributed by atoms with E-state index in [0.717, 1.165) is 45.1 Å². The number of rotatable bonds is 12. The summed E-state index contributed by atoms with van der Waals surface area (Å²) in [6.45, 7) is 1.30. The number of fused-ring (bicyclic) bond motifs is 1. The van der Waals surface area contributed by atoms with Crippen LogP contribution in [0.1, 0.15) is 111 Å². The van der Waals surface area contributed by atoms with E-state index in [1.165, 1.54) is 0 Å². The number of hydrogen-bond donors (Lipinski definition) is 3. The van der Waals surface area contributed by atoms with Crippen LogP contribution in [0.15, 0.2) is 22.8 Å². The van der Waals surface area contributed by atoms with Crippen LogP contribution in [-0.4, -0.2) is 56.1 Å². The number of aromatic amines is 1. The maximum atomic E-state index is 14.0. The fraction of sp³-hybridized carbons (Fsp3) is 0.633. The summed E-state index contributed by atoms with van der Waals surface area (Å²) in [5, 5.41) is 13.4. The van der Waals surface area contributed by atoms with Crippen LogP contribution in [0, 0.1) is 11.3 Å². The molecule has 236 valence electrons. The molecule has 5 saturated carbocycles. The van der Waals surface area contributed by atoms with Gasteiger partial charge >= 0.3 is 6.18 Å². The Hall–Kier alpha value is -3.55. The average molecular weight is 619 g/mol. The lowest BCUT2D eigenvalue weighted by atomic mass is 9.41. The topological polar surface area (TPSA) is 135 Å². The van der Waals surface area contributed by atoms with Crippen molar-refractivity contribution in [3.8, 4) is 0 Å². The Morgan fingerprint density at radius 3 is 2.48 bits per heavy atom. The smallest absolute Gasteiger partial charge is 0.364 e. The number of imidazole rings is 1. The lowest BCUT2D eigenvalue weighted by Gasteiger charge is -2.65. The molecular weight excluding hydrogens is 584 g/mol. The quantitative estimate of drug-likeness (QED) is 0.228. The number of nitrogens with one attached hydrogen (secondary N) is 3. The van der Waals surface area contributed by atoms with Crippen LogP contribution in [0.25, 0.3) is 11.0 Å². The number of carbonyl (C=O) groups is 2. The van der Waals surface area contributed by atoms with Crippen LogP contribution < -0.4 is 10.6 Å². The second-order valence-corrected chi connectivity index (χ2v) is 13.8. The summed E-state index contributed by atoms with van der Waals surface area (Å²) in [6, 6.07) is 4.19. The maximum absolute atomic E-state index is 14.0. The van der Waals surface area contributed by atoms with E-state index in [4.69, 9.17) is 9.37 Å². The van der Waals surface area contributed by atoms with E-state index >= 15 is 0 Å². The van der Waals surface area contributed by atoms with Gasteiger partial charge in [-0.2, -0.15) is 13.2 Å². The molecule has 8 rings (SSSR count). The van der Waals surface area contributed by atoms with Gasteiger partial charge in [0.05, 0.1) is 23.7 Å². The van der Waals surface area contributed by atoms with Gasteiger partial charge in [-0.1, -0.05) is 11.2 Å². The molecule has 3 aromatic rings. The third kappa shape index (κ3) is 5.45. The molecule has 0 spiro atoms. The molecule has 2 amide bonds. The van der Waals surface area contributed by atoms with Gasteiger partial charge in [-0.25, -0.2) is 14.0 Å². The molecule has 44 heavy (non-hydrogen) atoms. The number of H-pyrrole nitrogens is 1. The van der Waals surface area contributed by atoms with E-state index in [9.17, 15) is 27.2 Å². The van der Waals surface area contributed by atoms with E-state index < -0.39 is 36.0 Å². The zero-order valence-corrected chi connectivity index (χ0v) is 24.4. The SMILES string of the molecule is CC(C)(OC[C@H](NC(=O)c1nonc1C1CC1)c1nc2cc([C@H](NC(=O)CC34CC(F)(C3)C4)C3CC3)ccc2[nH]1)C(F)(F)F. The Balaban J connectivity index is 1.11. The largest absolute Gasteiger partial charge is 0.416 e. The molecule has 2 bridgehead atoms. The molecule has 5 aliphatic rings. The molecule has 2 heterocycles. The molecule has 0 radical (unpaired) electrons. The summed E-state index contributed by atoms with van der Waals surface area (Å²) in [5.74, 6) is -0.219. The zero-order chi connectivity index (χ0) is 31.1. The third-order valence-electron chi connectivity index (χ3n) is 9.53. The summed E-state index contributed by atoms with van der Waals surface area (Å²) in [7, 11) is 0. The van der Waals surface area contributed by atoms with Crippen molar-refractivity contribution in [3.63, 3.8) is 0 Å². The van der Waals surface area contributed by atoms with E-state index in [2.05, 4.69) is 30.9 Å². The molecule has 1 aromatic carbocycles. The minimum atomic E-state index is -4.65. The molecule has 0 unspecified atom stereocenters. The van der Waals surface area contributed by atoms with Crippen molar-refractivity contribution in [2.75, 3.05) is 6.61 Å². The Kier molecular flexibility index (Phi) is 6.62. The highest BCUT2D eigenvalue weighted by molar-refractivity contribution is 5.93. The summed E-state index contributed by atoms with van der Waals surface area (Å²) in [6.07, 6.45) is 0.661. The molecule has 3 N–H and O–H groups in total. The Morgan fingerprint density at radius 1 is 1.11 bits per heavy atom. The summed E-state index contributed by atoms with van der Waals surface area (Å²) in [4.78, 5) is 33.9. The van der Waals surface area contributed by atoms with E-state index in [-0.39, 0.29) is 40.7 Å². The second-order valence-electron chi connectivity index (χ2n) is 13.8. The van der Waals surface area contributed by atoms with Crippen molar-refractivity contribution >= 4 is 22.8 Å². The van der Waals surface area contributed by atoms with Gasteiger partial charge < -0.3 is 20.4 Å². The van der Waals surface area contributed by atoms with Crippen LogP contribution in [0.5, 0.6) is 0 Å². The van der Waals surface area contributed by atoms with Gasteiger partial charge in [0.1, 0.15) is 23.2 Å². The number of amides is 2. The number of aromatic nitrogens is 4. The number of halogens is 4. The fourth-order valence-corrected chi connectivity index (χ4v) is 6.68. The summed E-state index contributed by atoms with van der Waals surface area (Å²) in [5.41, 5.74) is -1.37. The van der Waals surface area contributed by atoms with Gasteiger partial charge in [-0.3, -0.25) is 9.59 Å². The lowest BCUT2D eigenvalue weighted by Crippen LogP contribution is -2.65. The van der Waals surface area contributed by atoms with Crippen molar-refractivity contribution in [1.29, 1.82) is 0 Å². The van der Waals surface area contributed by atoms with Crippen LogP contribution in [0.2, 0.25) is 0 Å². The highest BCUT2D eigenvalue weighted by atomic mass is 19.4. The number of nitrogens with zero attached hydrogens (tertiary/aromatic N) is 3. The predicted octanol–water partition coefficient (Wildman–Crippen LogP) is 5.50. The molecule has 5 fully saturated rings. The Morgan fingerprint density at radius 2 is 1.84 bits per heavy atom. The van der Waals surface area contributed by atoms with Crippen LogP contribution in [0.4, 0.5) is 17.6 Å². The minimum Gasteiger partial charge on any atom is -0.364 e. The molecule has 2 aromatic heterocycles. The van der Waals surface area contributed by atoms with Crippen molar-refractivity contribution in [2.24, 2.45) is 11.3 Å². The molecule has 2 atom stereocenters. The lowest BCUT2D eigenvalue weighted by molar-refractivity contribution is -0.265. The Labute approximate surface area is 250 Å². The van der Waals surface area contributed by atoms with Gasteiger partial charge in [-0.05, 0) is 93.0 Å². The van der Waals surface area contributed by atoms with E-state index in [1.54, 1.807) is 6.07 Å². The predicted molar refractivity (Wildman–Crippen MR) is 147 cm³/mol. The van der Waals surface area contributed by atoms with Gasteiger partial charge in [0.2, 0.25) is 5.91 Å². The van der Waals surface area contributed by atoms with Crippen LogP contribution >= 0.6 is 0 Å². The first-order chi connectivity index (χ1) is 20.7. The monoisotopic (exact) mass is 618 g/mol. The Bertz CT molecular complexity index is 1590. The van der Waals surface area contributed by atoms with Gasteiger partial charge in [0.25, 0.3) is 5.91 Å². The normalized spacial score (nSPS) is 26.0. The zero-order valence-electron chi connectivity index (χ0n) is 24.4. The number of ether oxygens (including phenoxy) is 1. The highest BCUT2D eigenvalue weighted by Crippen LogP contribution is 2.71. The summed E-state index contributed by atoms with van der Waals surface area (Å²) >= 11 is 0. The number of carbonyl (C=O) groups excluding carboxylic acids is 2. The molecule has 0 saturated heterocycles. The summed E-state index contributed by atoms with van der Waals surface area (Å²) < 4.78 is 64.8. The number of hydrogen-bond acceptors (Lipinski definition) is 7. The maximum Gasteiger partial charge on any atom is 0.416 e. The fourth-order valence-electron chi connectivity index (χ4n) is 6.68. The second kappa shape index (κ2) is 9.98. The number of alkyl halides is 4. The molecular formula is C30H34F4N6O4. The first-order valence-electron chi connectivity index (χ1n) is 15.1. The van der Waals surface area contributed by atoms with Gasteiger partial charge in [0.15, 0.2) is 11.3 Å². The van der Waals surface area contributed by atoms with Gasteiger partial charge in [0, 0.05) is 12.3 Å².